The van der Waals surface area contributed by atoms with E-state index >= 15 is 0 Å². The molecule has 4 nitrogen and oxygen atoms in total. The Morgan fingerprint density at radius 2 is 2.17 bits per heavy atom. The van der Waals surface area contributed by atoms with Gasteiger partial charge in [0.15, 0.2) is 0 Å². The van der Waals surface area contributed by atoms with Gasteiger partial charge in [0.25, 0.3) is 0 Å². The van der Waals surface area contributed by atoms with Gasteiger partial charge < -0.3 is 15.3 Å². The highest BCUT2D eigenvalue weighted by Crippen LogP contribution is 2.33. The van der Waals surface area contributed by atoms with E-state index in [-0.39, 0.29) is 12.5 Å². The predicted molar refractivity (Wildman–Crippen MR) is 75.7 cm³/mol. The van der Waals surface area contributed by atoms with Gasteiger partial charge in [-0.1, -0.05) is 17.7 Å². The number of aliphatic carboxylic acids is 1. The summed E-state index contributed by atoms with van der Waals surface area (Å²) in [7, 11) is 3.85. The van der Waals surface area contributed by atoms with Crippen LogP contribution in [0.1, 0.15) is 19.8 Å². The van der Waals surface area contributed by atoms with Crippen molar-refractivity contribution in [1.29, 1.82) is 0 Å². The van der Waals surface area contributed by atoms with Crippen molar-refractivity contribution >= 4 is 28.9 Å². The lowest BCUT2D eigenvalue weighted by Crippen LogP contribution is -2.19. The fourth-order valence-electron chi connectivity index (χ4n) is 1.76. The van der Waals surface area contributed by atoms with Crippen molar-refractivity contribution < 1.29 is 9.90 Å². The number of carbonyl (C=O) groups is 1. The first-order chi connectivity index (χ1) is 8.41. The molecule has 0 aromatic heterocycles. The van der Waals surface area contributed by atoms with Gasteiger partial charge in [-0.05, 0) is 25.5 Å². The van der Waals surface area contributed by atoms with E-state index in [4.69, 9.17) is 16.7 Å². The van der Waals surface area contributed by atoms with Crippen LogP contribution in [0, 0.1) is 0 Å². The highest BCUT2D eigenvalue weighted by atomic mass is 35.5. The number of nitrogens with one attached hydrogen (secondary N) is 1. The number of anilines is 2. The third-order valence-corrected chi connectivity index (χ3v) is 2.93. The van der Waals surface area contributed by atoms with Crippen molar-refractivity contribution in [3.8, 4) is 0 Å². The Balaban J connectivity index is 2.77. The number of benzene rings is 1. The zero-order valence-corrected chi connectivity index (χ0v) is 11.7. The molecule has 0 aliphatic carbocycles. The summed E-state index contributed by atoms with van der Waals surface area (Å²) in [6, 6.07) is 5.74. The Bertz CT molecular complexity index is 421. The standard InChI is InChI=1S/C13H19ClN2O2/c1-9(7-8-12(17)18)15-11-6-4-5-10(14)13(11)16(2)3/h4-6,9,15H,7-8H2,1-3H3,(H,17,18). The van der Waals surface area contributed by atoms with Gasteiger partial charge >= 0.3 is 5.97 Å². The van der Waals surface area contributed by atoms with Crippen LogP contribution >= 0.6 is 11.6 Å². The number of halogens is 1. The molecule has 0 heterocycles. The molecule has 1 rings (SSSR count). The lowest BCUT2D eigenvalue weighted by molar-refractivity contribution is -0.137. The van der Waals surface area contributed by atoms with Gasteiger partial charge in [-0.15, -0.1) is 0 Å². The highest BCUT2D eigenvalue weighted by Gasteiger charge is 2.12. The third kappa shape index (κ3) is 4.11. The molecule has 0 radical (unpaired) electrons. The Hall–Kier alpha value is -1.42. The summed E-state index contributed by atoms with van der Waals surface area (Å²) in [5.41, 5.74) is 1.84. The molecular formula is C13H19ClN2O2. The van der Waals surface area contributed by atoms with Gasteiger partial charge in [-0.2, -0.15) is 0 Å². The monoisotopic (exact) mass is 270 g/mol. The molecule has 18 heavy (non-hydrogen) atoms. The normalized spacial score (nSPS) is 12.0. The van der Waals surface area contributed by atoms with E-state index in [2.05, 4.69) is 5.32 Å². The quantitative estimate of drug-likeness (QED) is 0.834. The van der Waals surface area contributed by atoms with Crippen LogP contribution < -0.4 is 10.2 Å². The average molecular weight is 271 g/mol. The molecular weight excluding hydrogens is 252 g/mol. The molecule has 0 aliphatic rings. The summed E-state index contributed by atoms with van der Waals surface area (Å²) in [5, 5.41) is 12.6. The minimum absolute atomic E-state index is 0.0817. The lowest BCUT2D eigenvalue weighted by atomic mass is 10.1. The maximum absolute atomic E-state index is 10.5. The van der Waals surface area contributed by atoms with Gasteiger partial charge in [0.2, 0.25) is 0 Å². The van der Waals surface area contributed by atoms with E-state index in [1.807, 2.05) is 44.1 Å². The molecule has 0 aliphatic heterocycles. The maximum atomic E-state index is 10.5. The third-order valence-electron chi connectivity index (χ3n) is 2.63. The first kappa shape index (κ1) is 14.6. The maximum Gasteiger partial charge on any atom is 0.303 e. The number of carboxylic acids is 1. The zero-order valence-electron chi connectivity index (χ0n) is 10.9. The summed E-state index contributed by atoms with van der Waals surface area (Å²) in [6.07, 6.45) is 0.737. The minimum atomic E-state index is -0.775. The summed E-state index contributed by atoms with van der Waals surface area (Å²) < 4.78 is 0. The van der Waals surface area contributed by atoms with E-state index in [0.717, 1.165) is 11.4 Å². The molecule has 1 aromatic carbocycles. The summed E-state index contributed by atoms with van der Waals surface area (Å²) >= 11 is 6.16. The number of hydrogen-bond acceptors (Lipinski definition) is 3. The smallest absolute Gasteiger partial charge is 0.303 e. The van der Waals surface area contributed by atoms with E-state index in [1.165, 1.54) is 0 Å². The fourth-order valence-corrected chi connectivity index (χ4v) is 2.11. The average Bonchev–Trinajstić information content (AvgIpc) is 2.26. The Kier molecular flexibility index (Phi) is 5.28. The van der Waals surface area contributed by atoms with Gasteiger partial charge in [0.05, 0.1) is 16.4 Å². The molecule has 1 atom stereocenters. The lowest BCUT2D eigenvalue weighted by Gasteiger charge is -2.22. The highest BCUT2D eigenvalue weighted by molar-refractivity contribution is 6.34. The van der Waals surface area contributed by atoms with Crippen molar-refractivity contribution in [3.05, 3.63) is 23.2 Å². The predicted octanol–water partition coefficient (Wildman–Crippen LogP) is 3.07. The van der Waals surface area contributed by atoms with Crippen molar-refractivity contribution in [2.75, 3.05) is 24.3 Å². The fraction of sp³-hybridized carbons (Fsp3) is 0.462. The molecule has 0 amide bonds. The van der Waals surface area contributed by atoms with Gasteiger partial charge in [-0.3, -0.25) is 4.79 Å². The van der Waals surface area contributed by atoms with Gasteiger partial charge in [0.1, 0.15) is 0 Å². The molecule has 5 heteroatoms. The van der Waals surface area contributed by atoms with Crippen LogP contribution in [0.4, 0.5) is 11.4 Å². The van der Waals surface area contributed by atoms with E-state index in [9.17, 15) is 4.79 Å². The van der Waals surface area contributed by atoms with Crippen molar-refractivity contribution in [1.82, 2.24) is 0 Å². The Morgan fingerprint density at radius 1 is 1.50 bits per heavy atom. The first-order valence-electron chi connectivity index (χ1n) is 5.86. The van der Waals surface area contributed by atoms with E-state index < -0.39 is 5.97 Å². The van der Waals surface area contributed by atoms with Crippen LogP contribution in [0.15, 0.2) is 18.2 Å². The molecule has 0 fully saturated rings. The SMILES string of the molecule is CC(CCC(=O)O)Nc1cccc(Cl)c1N(C)C. The summed E-state index contributed by atoms with van der Waals surface area (Å²) in [4.78, 5) is 12.5. The van der Waals surface area contributed by atoms with Crippen molar-refractivity contribution in [2.45, 2.75) is 25.8 Å². The van der Waals surface area contributed by atoms with E-state index in [1.54, 1.807) is 0 Å². The Labute approximate surface area is 113 Å². The molecule has 0 spiro atoms. The van der Waals surface area contributed by atoms with Crippen LogP contribution in [0.3, 0.4) is 0 Å². The van der Waals surface area contributed by atoms with E-state index in [0.29, 0.717) is 11.4 Å². The number of para-hydroxylation sites is 1. The summed E-state index contributed by atoms with van der Waals surface area (Å²) in [6.45, 7) is 1.96. The zero-order chi connectivity index (χ0) is 13.7. The number of hydrogen-bond donors (Lipinski definition) is 2. The molecule has 2 N–H and O–H groups in total. The molecule has 1 aromatic rings. The second-order valence-corrected chi connectivity index (χ2v) is 4.92. The van der Waals surface area contributed by atoms with Crippen molar-refractivity contribution in [2.24, 2.45) is 0 Å². The van der Waals surface area contributed by atoms with Gasteiger partial charge in [0, 0.05) is 26.6 Å². The van der Waals surface area contributed by atoms with Crippen LogP contribution in [-0.2, 0) is 4.79 Å². The Morgan fingerprint density at radius 3 is 2.72 bits per heavy atom. The number of nitrogens with zero attached hydrogens (tertiary/aromatic N) is 1. The molecule has 100 valence electrons. The first-order valence-corrected chi connectivity index (χ1v) is 6.23. The largest absolute Gasteiger partial charge is 0.481 e. The van der Waals surface area contributed by atoms with Crippen LogP contribution in [0.2, 0.25) is 5.02 Å². The second kappa shape index (κ2) is 6.50. The topological polar surface area (TPSA) is 52.6 Å². The van der Waals surface area contributed by atoms with Crippen LogP contribution in [-0.4, -0.2) is 31.2 Å². The van der Waals surface area contributed by atoms with Crippen LogP contribution in [0.25, 0.3) is 0 Å². The molecule has 1 unspecified atom stereocenters. The molecule has 0 bridgehead atoms. The summed E-state index contributed by atoms with van der Waals surface area (Å²) in [5.74, 6) is -0.775. The van der Waals surface area contributed by atoms with Gasteiger partial charge in [-0.25, -0.2) is 0 Å². The number of rotatable bonds is 6. The molecule has 0 saturated carbocycles. The minimum Gasteiger partial charge on any atom is -0.481 e. The van der Waals surface area contributed by atoms with Crippen molar-refractivity contribution in [3.63, 3.8) is 0 Å². The van der Waals surface area contributed by atoms with Crippen LogP contribution in [0.5, 0.6) is 0 Å². The number of carboxylic acid groups (broad SMARTS) is 1. The second-order valence-electron chi connectivity index (χ2n) is 4.51. The molecule has 0 saturated heterocycles.